The highest BCUT2D eigenvalue weighted by atomic mass is 16.2. The van der Waals surface area contributed by atoms with E-state index in [0.29, 0.717) is 6.42 Å². The maximum absolute atomic E-state index is 11.4. The van der Waals surface area contributed by atoms with Gasteiger partial charge >= 0.3 is 6.03 Å². The Morgan fingerprint density at radius 3 is 1.77 bits per heavy atom. The summed E-state index contributed by atoms with van der Waals surface area (Å²) in [6, 6.07) is -0.719. The predicted octanol–water partition coefficient (Wildman–Crippen LogP) is -0.231. The Morgan fingerprint density at radius 1 is 1.08 bits per heavy atom. The van der Waals surface area contributed by atoms with Gasteiger partial charge in [0.05, 0.1) is 0 Å². The molecule has 0 aromatic heterocycles. The van der Waals surface area contributed by atoms with E-state index < -0.39 is 23.3 Å². The molecular formula is C8H10N2O3. The second kappa shape index (κ2) is 1.92. The fourth-order valence-electron chi connectivity index (χ4n) is 1.95. The van der Waals surface area contributed by atoms with Gasteiger partial charge in [-0.25, -0.2) is 4.79 Å². The largest absolute Gasteiger partial charge is 0.328 e. The van der Waals surface area contributed by atoms with Gasteiger partial charge in [0, 0.05) is 0 Å². The van der Waals surface area contributed by atoms with Crippen LogP contribution in [0.4, 0.5) is 4.79 Å². The van der Waals surface area contributed by atoms with Crippen molar-refractivity contribution in [2.24, 2.45) is 10.8 Å². The summed E-state index contributed by atoms with van der Waals surface area (Å²) in [6.07, 6.45) is 0.505. The second-order valence-corrected chi connectivity index (χ2v) is 4.20. The van der Waals surface area contributed by atoms with Crippen molar-refractivity contribution in [1.29, 1.82) is 0 Å². The van der Waals surface area contributed by atoms with Crippen molar-refractivity contribution in [3.63, 3.8) is 0 Å². The van der Waals surface area contributed by atoms with Gasteiger partial charge in [0.1, 0.15) is 5.41 Å². The first kappa shape index (κ1) is 8.22. The first-order valence-corrected chi connectivity index (χ1v) is 4.07. The lowest BCUT2D eigenvalue weighted by Crippen LogP contribution is -2.58. The molecule has 4 amide bonds. The minimum absolute atomic E-state index is 0.331. The average molecular weight is 182 g/mol. The van der Waals surface area contributed by atoms with Crippen molar-refractivity contribution in [2.45, 2.75) is 20.3 Å². The van der Waals surface area contributed by atoms with Gasteiger partial charge in [-0.1, -0.05) is 13.8 Å². The molecule has 70 valence electrons. The summed E-state index contributed by atoms with van der Waals surface area (Å²) in [5, 5.41) is 4.22. The van der Waals surface area contributed by atoms with Crippen molar-refractivity contribution in [3.05, 3.63) is 0 Å². The zero-order valence-corrected chi connectivity index (χ0v) is 7.43. The predicted molar refractivity (Wildman–Crippen MR) is 42.5 cm³/mol. The van der Waals surface area contributed by atoms with Gasteiger partial charge < -0.3 is 0 Å². The van der Waals surface area contributed by atoms with Crippen LogP contribution in [0.2, 0.25) is 0 Å². The van der Waals surface area contributed by atoms with Gasteiger partial charge in [0.15, 0.2) is 0 Å². The molecule has 0 radical (unpaired) electrons. The van der Waals surface area contributed by atoms with Crippen LogP contribution in [0.1, 0.15) is 20.3 Å². The van der Waals surface area contributed by atoms with E-state index in [2.05, 4.69) is 10.6 Å². The van der Waals surface area contributed by atoms with Crippen LogP contribution in [0, 0.1) is 10.8 Å². The lowest BCUT2D eigenvalue weighted by atomic mass is 9.93. The van der Waals surface area contributed by atoms with Crippen LogP contribution in [0.15, 0.2) is 0 Å². The third kappa shape index (κ3) is 0.787. The fraction of sp³-hybridized carbons (Fsp3) is 0.625. The molecule has 1 aliphatic heterocycles. The number of carbonyl (C=O) groups excluding carboxylic acids is 3. The number of hydrogen-bond donors (Lipinski definition) is 2. The second-order valence-electron chi connectivity index (χ2n) is 4.20. The molecule has 1 heterocycles. The van der Waals surface area contributed by atoms with Gasteiger partial charge in [0.2, 0.25) is 11.8 Å². The molecular weight excluding hydrogens is 172 g/mol. The fourth-order valence-corrected chi connectivity index (χ4v) is 1.95. The highest BCUT2D eigenvalue weighted by molar-refractivity contribution is 6.21. The van der Waals surface area contributed by atoms with Crippen molar-refractivity contribution in [1.82, 2.24) is 10.6 Å². The summed E-state index contributed by atoms with van der Waals surface area (Å²) >= 11 is 0. The van der Waals surface area contributed by atoms with Crippen LogP contribution in [0.3, 0.4) is 0 Å². The molecule has 5 heteroatoms. The summed E-state index contributed by atoms with van der Waals surface area (Å²) < 4.78 is 0. The molecule has 13 heavy (non-hydrogen) atoms. The normalized spacial score (nSPS) is 28.3. The third-order valence-electron chi connectivity index (χ3n) is 2.97. The molecule has 2 N–H and O–H groups in total. The quantitative estimate of drug-likeness (QED) is 0.508. The SMILES string of the molecule is CC1(C)CC12C(=O)NC(=O)NC2=O. The molecule has 0 unspecified atom stereocenters. The summed E-state index contributed by atoms with van der Waals surface area (Å²) in [7, 11) is 0. The van der Waals surface area contributed by atoms with Crippen molar-refractivity contribution < 1.29 is 14.4 Å². The maximum atomic E-state index is 11.4. The molecule has 5 nitrogen and oxygen atoms in total. The van der Waals surface area contributed by atoms with Crippen molar-refractivity contribution in [3.8, 4) is 0 Å². The van der Waals surface area contributed by atoms with Crippen LogP contribution >= 0.6 is 0 Å². The number of rotatable bonds is 0. The number of nitrogens with one attached hydrogen (secondary N) is 2. The smallest absolute Gasteiger partial charge is 0.277 e. The van der Waals surface area contributed by atoms with Gasteiger partial charge in [-0.15, -0.1) is 0 Å². The van der Waals surface area contributed by atoms with E-state index in [9.17, 15) is 14.4 Å². The molecule has 2 aliphatic rings. The summed E-state index contributed by atoms with van der Waals surface area (Å²) in [4.78, 5) is 33.6. The molecule has 1 spiro atoms. The highest BCUT2D eigenvalue weighted by Gasteiger charge is 2.73. The van der Waals surface area contributed by atoms with Crippen LogP contribution in [0.5, 0.6) is 0 Å². The molecule has 0 aromatic carbocycles. The Hall–Kier alpha value is -1.39. The van der Waals surface area contributed by atoms with E-state index in [1.165, 1.54) is 0 Å². The minimum Gasteiger partial charge on any atom is -0.277 e. The Labute approximate surface area is 74.9 Å². The van der Waals surface area contributed by atoms with Gasteiger partial charge in [-0.3, -0.25) is 20.2 Å². The molecule has 0 bridgehead atoms. The molecule has 1 saturated heterocycles. The van der Waals surface area contributed by atoms with E-state index in [0.717, 1.165) is 0 Å². The van der Waals surface area contributed by atoms with E-state index in [4.69, 9.17) is 0 Å². The number of hydrogen-bond acceptors (Lipinski definition) is 3. The summed E-state index contributed by atoms with van der Waals surface area (Å²) in [6.45, 7) is 3.67. The third-order valence-corrected chi connectivity index (χ3v) is 2.97. The average Bonchev–Trinajstić information content (AvgIpc) is 2.51. The number of carbonyl (C=O) groups is 3. The highest BCUT2D eigenvalue weighted by Crippen LogP contribution is 2.64. The Morgan fingerprint density at radius 2 is 1.46 bits per heavy atom. The van der Waals surface area contributed by atoms with Crippen LogP contribution < -0.4 is 10.6 Å². The van der Waals surface area contributed by atoms with Crippen molar-refractivity contribution in [2.75, 3.05) is 0 Å². The van der Waals surface area contributed by atoms with E-state index >= 15 is 0 Å². The van der Waals surface area contributed by atoms with E-state index in [1.807, 2.05) is 13.8 Å². The maximum Gasteiger partial charge on any atom is 0.328 e. The lowest BCUT2D eigenvalue weighted by molar-refractivity contribution is -0.139. The summed E-state index contributed by atoms with van der Waals surface area (Å²) in [5.74, 6) is -0.933. The molecule has 2 fully saturated rings. The van der Waals surface area contributed by atoms with Crippen LogP contribution in [-0.4, -0.2) is 17.8 Å². The van der Waals surface area contributed by atoms with E-state index in [1.54, 1.807) is 0 Å². The van der Waals surface area contributed by atoms with Crippen LogP contribution in [-0.2, 0) is 9.59 Å². The molecule has 1 aliphatic carbocycles. The first-order chi connectivity index (χ1) is 5.90. The van der Waals surface area contributed by atoms with Gasteiger partial charge in [-0.05, 0) is 11.8 Å². The molecule has 0 aromatic rings. The number of urea groups is 1. The number of imide groups is 2. The zero-order valence-electron chi connectivity index (χ0n) is 7.43. The van der Waals surface area contributed by atoms with E-state index in [-0.39, 0.29) is 5.41 Å². The standard InChI is InChI=1S/C8H10N2O3/c1-7(2)3-8(7)4(11)9-6(13)10-5(8)12/h3H2,1-2H3,(H2,9,10,11,12,13). The van der Waals surface area contributed by atoms with Crippen molar-refractivity contribution >= 4 is 17.8 Å². The summed E-state index contributed by atoms with van der Waals surface area (Å²) in [5.41, 5.74) is -1.33. The number of amides is 4. The topological polar surface area (TPSA) is 75.3 Å². The van der Waals surface area contributed by atoms with Gasteiger partial charge in [0.25, 0.3) is 0 Å². The monoisotopic (exact) mass is 182 g/mol. The zero-order chi connectivity index (χ0) is 9.85. The Bertz CT molecular complexity index is 312. The first-order valence-electron chi connectivity index (χ1n) is 4.07. The number of barbiturate groups is 1. The Balaban J connectivity index is 2.36. The molecule has 1 saturated carbocycles. The molecule has 2 rings (SSSR count). The molecule has 0 atom stereocenters. The van der Waals surface area contributed by atoms with Crippen LogP contribution in [0.25, 0.3) is 0 Å². The van der Waals surface area contributed by atoms with Gasteiger partial charge in [-0.2, -0.15) is 0 Å². The minimum atomic E-state index is -0.999. The Kier molecular flexibility index (Phi) is 1.21. The lowest BCUT2D eigenvalue weighted by Gasteiger charge is -2.23.